The summed E-state index contributed by atoms with van der Waals surface area (Å²) in [4.78, 5) is 18.1. The van der Waals surface area contributed by atoms with E-state index in [0.29, 0.717) is 10.5 Å². The van der Waals surface area contributed by atoms with Crippen molar-refractivity contribution in [3.8, 4) is 0 Å². The minimum absolute atomic E-state index is 0.0684. The molecule has 1 aliphatic heterocycles. The number of aryl methyl sites for hydroxylation is 2. The number of carbonyl (C=O) groups is 1. The van der Waals surface area contributed by atoms with Crippen LogP contribution in [-0.2, 0) is 14.7 Å². The van der Waals surface area contributed by atoms with Crippen molar-refractivity contribution in [2.24, 2.45) is 0 Å². The lowest BCUT2D eigenvalue weighted by molar-refractivity contribution is -0.100. The minimum atomic E-state index is -3.47. The number of rotatable bonds is 4. The van der Waals surface area contributed by atoms with Gasteiger partial charge < -0.3 is 0 Å². The van der Waals surface area contributed by atoms with Crippen LogP contribution in [0.5, 0.6) is 0 Å². The Balaban J connectivity index is 2.05. The van der Waals surface area contributed by atoms with E-state index in [1.54, 1.807) is 36.4 Å². The van der Waals surface area contributed by atoms with E-state index >= 15 is 0 Å². The van der Waals surface area contributed by atoms with E-state index in [0.717, 1.165) is 16.7 Å². The van der Waals surface area contributed by atoms with E-state index in [1.807, 2.05) is 19.9 Å². The molecule has 0 aliphatic carbocycles. The number of benzene rings is 2. The summed E-state index contributed by atoms with van der Waals surface area (Å²) in [6.07, 6.45) is 0. The van der Waals surface area contributed by atoms with E-state index < -0.39 is 9.84 Å². The summed E-state index contributed by atoms with van der Waals surface area (Å²) in [6.45, 7) is 4.06. The summed E-state index contributed by atoms with van der Waals surface area (Å²) >= 11 is 0. The second-order valence-corrected chi connectivity index (χ2v) is 8.42. The van der Waals surface area contributed by atoms with E-state index in [2.05, 4.69) is 0 Å². The Bertz CT molecular complexity index is 907. The zero-order chi connectivity index (χ0) is 18.2. The monoisotopic (exact) mass is 359 g/mol. The third-order valence-electron chi connectivity index (χ3n) is 4.53. The highest BCUT2D eigenvalue weighted by Crippen LogP contribution is 2.34. The molecule has 1 amide bonds. The average molecular weight is 359 g/mol. The molecule has 2 aromatic rings. The summed E-state index contributed by atoms with van der Waals surface area (Å²) < 4.78 is 25.6. The first-order chi connectivity index (χ1) is 11.8. The molecule has 132 valence electrons. The minimum Gasteiger partial charge on any atom is -0.274 e. The van der Waals surface area contributed by atoms with Crippen LogP contribution in [0.2, 0.25) is 0 Å². The number of carbonyl (C=O) groups excluding carboxylic acids is 1. The molecule has 0 aromatic heterocycles. The van der Waals surface area contributed by atoms with Crippen LogP contribution in [0.15, 0.2) is 47.4 Å². The molecular formula is C19H21NO4S. The average Bonchev–Trinajstić information content (AvgIpc) is 2.57. The fraction of sp³-hybridized carbons (Fsp3) is 0.316. The summed E-state index contributed by atoms with van der Waals surface area (Å²) in [6, 6.07) is 12.2. The molecule has 1 unspecified atom stereocenters. The molecule has 1 aliphatic rings. The maximum atomic E-state index is 12.8. The summed E-state index contributed by atoms with van der Waals surface area (Å²) in [5, 5.41) is 1.24. The standard InChI is InChI=1S/C19H21NO4S/c1-13-9-14(2)18-15(11-20(24-3)19(21)17(18)10-13)12-25(22,23)16-7-5-4-6-8-16/h4-10,15H,11-12H2,1-3H3. The lowest BCUT2D eigenvalue weighted by Gasteiger charge is -2.33. The molecule has 3 rings (SSSR count). The first kappa shape index (κ1) is 17.6. The van der Waals surface area contributed by atoms with Gasteiger partial charge in [-0.2, -0.15) is 0 Å². The van der Waals surface area contributed by atoms with E-state index in [4.69, 9.17) is 4.84 Å². The van der Waals surface area contributed by atoms with Crippen molar-refractivity contribution in [3.05, 3.63) is 64.7 Å². The van der Waals surface area contributed by atoms with Gasteiger partial charge in [0.1, 0.15) is 0 Å². The number of amides is 1. The van der Waals surface area contributed by atoms with Gasteiger partial charge in [-0.25, -0.2) is 13.5 Å². The van der Waals surface area contributed by atoms with Crippen LogP contribution in [0, 0.1) is 13.8 Å². The summed E-state index contributed by atoms with van der Waals surface area (Å²) in [5.41, 5.74) is 3.24. The van der Waals surface area contributed by atoms with Gasteiger partial charge in [-0.05, 0) is 43.2 Å². The molecule has 1 heterocycles. The predicted octanol–water partition coefficient (Wildman–Crippen LogP) is 2.88. The second kappa shape index (κ2) is 6.61. The highest BCUT2D eigenvalue weighted by atomic mass is 32.2. The van der Waals surface area contributed by atoms with E-state index in [1.165, 1.54) is 12.2 Å². The molecule has 0 radical (unpaired) electrons. The lowest BCUT2D eigenvalue weighted by Crippen LogP contribution is -2.41. The third kappa shape index (κ3) is 3.32. The Hall–Kier alpha value is -2.18. The quantitative estimate of drug-likeness (QED) is 0.842. The maximum absolute atomic E-state index is 12.8. The smallest absolute Gasteiger partial charge is 0.274 e. The molecule has 0 spiro atoms. The van der Waals surface area contributed by atoms with Crippen LogP contribution in [-0.4, -0.2) is 38.8 Å². The highest BCUT2D eigenvalue weighted by molar-refractivity contribution is 7.91. The molecule has 6 heteroatoms. The van der Waals surface area contributed by atoms with Crippen LogP contribution >= 0.6 is 0 Å². The Kier molecular flexibility index (Phi) is 4.67. The molecule has 2 aromatic carbocycles. The molecule has 0 fully saturated rings. The molecule has 0 bridgehead atoms. The predicted molar refractivity (Wildman–Crippen MR) is 95.2 cm³/mol. The van der Waals surface area contributed by atoms with Crippen LogP contribution in [0.3, 0.4) is 0 Å². The van der Waals surface area contributed by atoms with Gasteiger partial charge >= 0.3 is 0 Å². The van der Waals surface area contributed by atoms with Crippen molar-refractivity contribution in [1.82, 2.24) is 5.06 Å². The number of fused-ring (bicyclic) bond motifs is 1. The number of sulfone groups is 1. The highest BCUT2D eigenvalue weighted by Gasteiger charge is 2.36. The van der Waals surface area contributed by atoms with Crippen molar-refractivity contribution in [3.63, 3.8) is 0 Å². The van der Waals surface area contributed by atoms with Gasteiger partial charge in [-0.1, -0.05) is 29.8 Å². The Morgan fingerprint density at radius 3 is 2.48 bits per heavy atom. The topological polar surface area (TPSA) is 63.7 Å². The maximum Gasteiger partial charge on any atom is 0.277 e. The fourth-order valence-electron chi connectivity index (χ4n) is 3.49. The zero-order valence-corrected chi connectivity index (χ0v) is 15.3. The second-order valence-electron chi connectivity index (χ2n) is 6.38. The molecule has 0 saturated heterocycles. The first-order valence-corrected chi connectivity index (χ1v) is 9.73. The lowest BCUT2D eigenvalue weighted by atomic mass is 9.86. The number of hydrogen-bond donors (Lipinski definition) is 0. The van der Waals surface area contributed by atoms with Gasteiger partial charge in [0.25, 0.3) is 5.91 Å². The van der Waals surface area contributed by atoms with Gasteiger partial charge in [0.15, 0.2) is 9.84 Å². The Morgan fingerprint density at radius 1 is 1.16 bits per heavy atom. The SMILES string of the molecule is CON1CC(CS(=O)(=O)c2ccccc2)c2c(C)cc(C)cc2C1=O. The van der Waals surface area contributed by atoms with Crippen LogP contribution < -0.4 is 0 Å². The van der Waals surface area contributed by atoms with Crippen molar-refractivity contribution < 1.29 is 18.0 Å². The number of hydrogen-bond acceptors (Lipinski definition) is 4. The summed E-state index contributed by atoms with van der Waals surface area (Å²) in [5.74, 6) is -0.628. The van der Waals surface area contributed by atoms with Gasteiger partial charge in [-0.15, -0.1) is 0 Å². The number of hydroxylamine groups is 2. The van der Waals surface area contributed by atoms with Gasteiger partial charge in [-0.3, -0.25) is 9.63 Å². The number of nitrogens with zero attached hydrogens (tertiary/aromatic N) is 1. The molecule has 1 atom stereocenters. The fourth-order valence-corrected chi connectivity index (χ4v) is 5.05. The first-order valence-electron chi connectivity index (χ1n) is 8.08. The largest absolute Gasteiger partial charge is 0.277 e. The van der Waals surface area contributed by atoms with Gasteiger partial charge in [0.2, 0.25) is 0 Å². The van der Waals surface area contributed by atoms with Crippen molar-refractivity contribution in [2.45, 2.75) is 24.7 Å². The summed E-state index contributed by atoms with van der Waals surface area (Å²) in [7, 11) is -2.05. The van der Waals surface area contributed by atoms with Crippen molar-refractivity contribution in [2.75, 3.05) is 19.4 Å². The van der Waals surface area contributed by atoms with E-state index in [-0.39, 0.29) is 24.1 Å². The Morgan fingerprint density at radius 2 is 1.84 bits per heavy atom. The molecule has 0 N–H and O–H groups in total. The zero-order valence-electron chi connectivity index (χ0n) is 14.5. The normalized spacial score (nSPS) is 17.5. The molecule has 0 saturated carbocycles. The van der Waals surface area contributed by atoms with Crippen LogP contribution in [0.25, 0.3) is 0 Å². The van der Waals surface area contributed by atoms with Crippen molar-refractivity contribution >= 4 is 15.7 Å². The van der Waals surface area contributed by atoms with Gasteiger partial charge in [0.05, 0.1) is 24.3 Å². The Labute approximate surface area is 148 Å². The molecular weight excluding hydrogens is 338 g/mol. The third-order valence-corrected chi connectivity index (χ3v) is 6.36. The van der Waals surface area contributed by atoms with Crippen LogP contribution in [0.4, 0.5) is 0 Å². The molecule has 5 nitrogen and oxygen atoms in total. The van der Waals surface area contributed by atoms with Crippen LogP contribution in [0.1, 0.15) is 33.0 Å². The molecule has 25 heavy (non-hydrogen) atoms. The van der Waals surface area contributed by atoms with Crippen molar-refractivity contribution in [1.29, 1.82) is 0 Å². The van der Waals surface area contributed by atoms with Gasteiger partial charge in [0, 0.05) is 11.5 Å². The van der Waals surface area contributed by atoms with E-state index in [9.17, 15) is 13.2 Å².